The Bertz CT molecular complexity index is 1330. The third kappa shape index (κ3) is 6.61. The van der Waals surface area contributed by atoms with Gasteiger partial charge in [0, 0.05) is 16.4 Å². The number of halogens is 4. The second-order valence-corrected chi connectivity index (χ2v) is 9.50. The van der Waals surface area contributed by atoms with Gasteiger partial charge in [0.1, 0.15) is 5.76 Å². The van der Waals surface area contributed by atoms with Crippen LogP contribution < -0.4 is 10.6 Å². The standard InChI is InChI=1S/C24H21ClF3N5O2S/c1-15(22(34)30-19-8-3-6-17(25)12-19)36-23-32-31-21(33(23)14-20-9-4-10-35-20)13-29-18-7-2-5-16(11-18)24(26,27)28/h2-12,15,29H,13-14H2,1H3,(H,30,34)/t15-/m1/s1. The summed E-state index contributed by atoms with van der Waals surface area (Å²) in [4.78, 5) is 12.7. The summed E-state index contributed by atoms with van der Waals surface area (Å²) < 4.78 is 46.4. The highest BCUT2D eigenvalue weighted by Gasteiger charge is 2.30. The summed E-state index contributed by atoms with van der Waals surface area (Å²) in [5, 5.41) is 14.6. The first-order valence-electron chi connectivity index (χ1n) is 10.8. The van der Waals surface area contributed by atoms with E-state index < -0.39 is 17.0 Å². The first kappa shape index (κ1) is 25.6. The Morgan fingerprint density at radius 2 is 1.89 bits per heavy atom. The van der Waals surface area contributed by atoms with Crippen molar-refractivity contribution < 1.29 is 22.4 Å². The number of carbonyl (C=O) groups excluding carboxylic acids is 1. The number of thioether (sulfide) groups is 1. The Kier molecular flexibility index (Phi) is 7.90. The molecule has 0 saturated carbocycles. The van der Waals surface area contributed by atoms with Crippen molar-refractivity contribution in [1.82, 2.24) is 14.8 Å². The van der Waals surface area contributed by atoms with E-state index >= 15 is 0 Å². The van der Waals surface area contributed by atoms with Gasteiger partial charge in [-0.15, -0.1) is 10.2 Å². The van der Waals surface area contributed by atoms with Crippen LogP contribution in [0.15, 0.2) is 76.5 Å². The molecule has 12 heteroatoms. The van der Waals surface area contributed by atoms with Crippen molar-refractivity contribution in [3.8, 4) is 0 Å². The summed E-state index contributed by atoms with van der Waals surface area (Å²) in [6.07, 6.45) is -2.91. The monoisotopic (exact) mass is 535 g/mol. The first-order valence-corrected chi connectivity index (χ1v) is 12.0. The molecule has 0 aliphatic carbocycles. The van der Waals surface area contributed by atoms with Crippen molar-refractivity contribution in [1.29, 1.82) is 0 Å². The summed E-state index contributed by atoms with van der Waals surface area (Å²) in [5.74, 6) is 0.847. The second kappa shape index (κ2) is 11.1. The Morgan fingerprint density at radius 1 is 1.11 bits per heavy atom. The third-order valence-corrected chi connectivity index (χ3v) is 6.39. The van der Waals surface area contributed by atoms with Crippen molar-refractivity contribution in [3.63, 3.8) is 0 Å². The molecule has 0 aliphatic rings. The van der Waals surface area contributed by atoms with Crippen molar-refractivity contribution >= 4 is 40.6 Å². The molecule has 2 aromatic heterocycles. The lowest BCUT2D eigenvalue weighted by molar-refractivity contribution is -0.137. The van der Waals surface area contributed by atoms with Crippen LogP contribution in [-0.4, -0.2) is 25.9 Å². The van der Waals surface area contributed by atoms with Gasteiger partial charge in [0.15, 0.2) is 11.0 Å². The highest BCUT2D eigenvalue weighted by Crippen LogP contribution is 2.31. The van der Waals surface area contributed by atoms with E-state index in [0.29, 0.717) is 33.1 Å². The molecule has 0 radical (unpaired) electrons. The van der Waals surface area contributed by atoms with E-state index in [9.17, 15) is 18.0 Å². The van der Waals surface area contributed by atoms with Crippen LogP contribution in [0.5, 0.6) is 0 Å². The number of benzene rings is 2. The van der Waals surface area contributed by atoms with Crippen LogP contribution in [0.3, 0.4) is 0 Å². The topological polar surface area (TPSA) is 85.0 Å². The molecule has 7 nitrogen and oxygen atoms in total. The number of hydrogen-bond donors (Lipinski definition) is 2. The van der Waals surface area contributed by atoms with Crippen LogP contribution in [0.25, 0.3) is 0 Å². The number of amides is 1. The molecule has 1 amide bonds. The minimum atomic E-state index is -4.44. The number of rotatable bonds is 9. The zero-order valence-corrected chi connectivity index (χ0v) is 20.5. The molecular weight excluding hydrogens is 515 g/mol. The van der Waals surface area contributed by atoms with Crippen molar-refractivity contribution in [3.05, 3.63) is 89.1 Å². The number of furan rings is 1. The molecule has 36 heavy (non-hydrogen) atoms. The lowest BCUT2D eigenvalue weighted by Gasteiger charge is -2.14. The predicted molar refractivity (Wildman–Crippen MR) is 132 cm³/mol. The Labute approximate surface area is 214 Å². The third-order valence-electron chi connectivity index (χ3n) is 5.07. The second-order valence-electron chi connectivity index (χ2n) is 7.76. The quantitative estimate of drug-likeness (QED) is 0.244. The fourth-order valence-electron chi connectivity index (χ4n) is 3.26. The Morgan fingerprint density at radius 3 is 2.61 bits per heavy atom. The number of anilines is 2. The smallest absolute Gasteiger partial charge is 0.416 e. The molecule has 2 N–H and O–H groups in total. The van der Waals surface area contributed by atoms with E-state index in [4.69, 9.17) is 16.0 Å². The summed E-state index contributed by atoms with van der Waals surface area (Å²) in [7, 11) is 0. The molecule has 2 heterocycles. The molecule has 4 rings (SSSR count). The van der Waals surface area contributed by atoms with Gasteiger partial charge >= 0.3 is 6.18 Å². The van der Waals surface area contributed by atoms with Crippen LogP contribution in [-0.2, 0) is 24.1 Å². The van der Waals surface area contributed by atoms with Crippen molar-refractivity contribution in [2.75, 3.05) is 10.6 Å². The zero-order valence-electron chi connectivity index (χ0n) is 18.9. The van der Waals surface area contributed by atoms with E-state index in [-0.39, 0.29) is 19.0 Å². The first-order chi connectivity index (χ1) is 17.2. The molecule has 0 bridgehead atoms. The van der Waals surface area contributed by atoms with Crippen LogP contribution in [0.2, 0.25) is 5.02 Å². The van der Waals surface area contributed by atoms with E-state index in [1.54, 1.807) is 54.0 Å². The van der Waals surface area contributed by atoms with E-state index in [0.717, 1.165) is 12.1 Å². The van der Waals surface area contributed by atoms with Gasteiger partial charge in [0.25, 0.3) is 0 Å². The number of hydrogen-bond acceptors (Lipinski definition) is 6. The lowest BCUT2D eigenvalue weighted by Crippen LogP contribution is -2.23. The highest BCUT2D eigenvalue weighted by molar-refractivity contribution is 8.00. The predicted octanol–water partition coefficient (Wildman–Crippen LogP) is 6.32. The maximum absolute atomic E-state index is 13.0. The molecule has 0 spiro atoms. The minimum Gasteiger partial charge on any atom is -0.467 e. The molecule has 1 atom stereocenters. The number of nitrogens with one attached hydrogen (secondary N) is 2. The summed E-state index contributed by atoms with van der Waals surface area (Å²) >= 11 is 7.18. The van der Waals surface area contributed by atoms with Crippen molar-refractivity contribution in [2.24, 2.45) is 0 Å². The highest BCUT2D eigenvalue weighted by atomic mass is 35.5. The average molecular weight is 536 g/mol. The molecular formula is C24H21ClF3N5O2S. The van der Waals surface area contributed by atoms with Gasteiger partial charge in [-0.2, -0.15) is 13.2 Å². The fourth-order valence-corrected chi connectivity index (χ4v) is 4.32. The van der Waals surface area contributed by atoms with Gasteiger partial charge in [0.2, 0.25) is 5.91 Å². The Balaban J connectivity index is 1.50. The van der Waals surface area contributed by atoms with Crippen LogP contribution in [0, 0.1) is 0 Å². The van der Waals surface area contributed by atoms with E-state index in [1.165, 1.54) is 24.1 Å². The molecule has 0 fully saturated rings. The van der Waals surface area contributed by atoms with Gasteiger partial charge in [0.05, 0.1) is 30.2 Å². The van der Waals surface area contributed by atoms with Gasteiger partial charge in [-0.05, 0) is 55.5 Å². The van der Waals surface area contributed by atoms with Gasteiger partial charge < -0.3 is 15.1 Å². The fraction of sp³-hybridized carbons (Fsp3) is 0.208. The number of aromatic nitrogens is 3. The Hall–Kier alpha value is -3.44. The number of carbonyl (C=O) groups is 1. The van der Waals surface area contributed by atoms with E-state index in [2.05, 4.69) is 20.8 Å². The molecule has 2 aromatic carbocycles. The van der Waals surface area contributed by atoms with Crippen molar-refractivity contribution in [2.45, 2.75) is 36.6 Å². The van der Waals surface area contributed by atoms with Crippen LogP contribution in [0.4, 0.5) is 24.5 Å². The van der Waals surface area contributed by atoms with Crippen LogP contribution >= 0.6 is 23.4 Å². The molecule has 4 aromatic rings. The maximum atomic E-state index is 13.0. The normalized spacial score (nSPS) is 12.4. The average Bonchev–Trinajstić information content (AvgIpc) is 3.48. The van der Waals surface area contributed by atoms with Gasteiger partial charge in [-0.25, -0.2) is 0 Å². The summed E-state index contributed by atoms with van der Waals surface area (Å²) in [6.45, 7) is 2.13. The lowest BCUT2D eigenvalue weighted by atomic mass is 10.2. The summed E-state index contributed by atoms with van der Waals surface area (Å²) in [5.41, 5.74) is 0.115. The molecule has 0 saturated heterocycles. The minimum absolute atomic E-state index is 0.110. The number of alkyl halides is 3. The molecule has 188 valence electrons. The number of nitrogens with zero attached hydrogens (tertiary/aromatic N) is 3. The molecule has 0 aliphatic heterocycles. The van der Waals surface area contributed by atoms with Crippen LogP contribution in [0.1, 0.15) is 24.1 Å². The van der Waals surface area contributed by atoms with Gasteiger partial charge in [-0.3, -0.25) is 9.36 Å². The largest absolute Gasteiger partial charge is 0.467 e. The SMILES string of the molecule is C[C@@H](Sc1nnc(CNc2cccc(C(F)(F)F)c2)n1Cc1ccco1)C(=O)Nc1cccc(Cl)c1. The maximum Gasteiger partial charge on any atom is 0.416 e. The van der Waals surface area contributed by atoms with E-state index in [1.807, 2.05) is 0 Å². The zero-order chi connectivity index (χ0) is 25.7. The summed E-state index contributed by atoms with van der Waals surface area (Å²) in [6, 6.07) is 15.3. The molecule has 0 unspecified atom stereocenters. The van der Waals surface area contributed by atoms with Gasteiger partial charge in [-0.1, -0.05) is 35.5 Å².